The van der Waals surface area contributed by atoms with E-state index in [1.54, 1.807) is 0 Å². The van der Waals surface area contributed by atoms with E-state index < -0.39 is 0 Å². The molecule has 0 aliphatic carbocycles. The highest BCUT2D eigenvalue weighted by Gasteiger charge is 2.25. The molecule has 0 aliphatic heterocycles. The SMILES string of the molecule is CCCCc1nn(-c2cccc(Oc3ccc4c5ccccc5n(-c5cc(C)ccn5)c4c3)c2)c(CCCC)c1-c1c(-c2ccccc2)cccc1-c1ccccc1. The second kappa shape index (κ2) is 16.4. The molecular formula is C53H48N4O. The number of fused-ring (bicyclic) bond motifs is 3. The van der Waals surface area contributed by atoms with Crippen LogP contribution in [0, 0.1) is 6.92 Å². The van der Waals surface area contributed by atoms with Gasteiger partial charge in [-0.05, 0) is 103 Å². The van der Waals surface area contributed by atoms with E-state index in [1.807, 2.05) is 18.3 Å². The third-order valence-electron chi connectivity index (χ3n) is 11.1. The van der Waals surface area contributed by atoms with Gasteiger partial charge in [-0.15, -0.1) is 0 Å². The fraction of sp³-hybridized carbons (Fsp3) is 0.170. The number of aryl methyl sites for hydroxylation is 2. The fourth-order valence-electron chi connectivity index (χ4n) is 8.36. The normalized spacial score (nSPS) is 11.4. The first-order valence-electron chi connectivity index (χ1n) is 20.7. The van der Waals surface area contributed by atoms with Crippen LogP contribution in [0.25, 0.3) is 66.7 Å². The highest BCUT2D eigenvalue weighted by Crippen LogP contribution is 2.44. The lowest BCUT2D eigenvalue weighted by Gasteiger charge is -2.18. The number of rotatable bonds is 13. The summed E-state index contributed by atoms with van der Waals surface area (Å²) in [5, 5.41) is 7.88. The molecule has 0 unspecified atom stereocenters. The molecule has 0 saturated heterocycles. The van der Waals surface area contributed by atoms with Crippen molar-refractivity contribution in [2.75, 3.05) is 0 Å². The van der Waals surface area contributed by atoms with Crippen LogP contribution in [-0.2, 0) is 12.8 Å². The Morgan fingerprint density at radius 2 is 1.21 bits per heavy atom. The second-order valence-electron chi connectivity index (χ2n) is 15.2. The molecular weight excluding hydrogens is 709 g/mol. The first-order chi connectivity index (χ1) is 28.6. The maximum atomic E-state index is 6.75. The van der Waals surface area contributed by atoms with Gasteiger partial charge in [0, 0.05) is 40.2 Å². The average Bonchev–Trinajstić information content (AvgIpc) is 3.80. The minimum Gasteiger partial charge on any atom is -0.457 e. The summed E-state index contributed by atoms with van der Waals surface area (Å²) >= 11 is 0. The summed E-state index contributed by atoms with van der Waals surface area (Å²) in [5.74, 6) is 2.42. The van der Waals surface area contributed by atoms with Gasteiger partial charge in [0.05, 0.1) is 28.1 Å². The van der Waals surface area contributed by atoms with Crippen LogP contribution in [0.2, 0.25) is 0 Å². The molecule has 3 heterocycles. The van der Waals surface area contributed by atoms with Gasteiger partial charge in [0.25, 0.3) is 0 Å². The first-order valence-corrected chi connectivity index (χ1v) is 20.7. The van der Waals surface area contributed by atoms with Crippen LogP contribution in [0.5, 0.6) is 11.5 Å². The van der Waals surface area contributed by atoms with Crippen molar-refractivity contribution >= 4 is 21.8 Å². The maximum absolute atomic E-state index is 6.75. The van der Waals surface area contributed by atoms with Gasteiger partial charge in [-0.25, -0.2) is 9.67 Å². The van der Waals surface area contributed by atoms with Crippen LogP contribution in [0.15, 0.2) is 164 Å². The van der Waals surface area contributed by atoms with Crippen LogP contribution in [0.4, 0.5) is 0 Å². The van der Waals surface area contributed by atoms with E-state index in [2.05, 4.69) is 176 Å². The van der Waals surface area contributed by atoms with Gasteiger partial charge in [-0.3, -0.25) is 4.57 Å². The minimum absolute atomic E-state index is 0.761. The van der Waals surface area contributed by atoms with Crippen molar-refractivity contribution in [2.45, 2.75) is 59.3 Å². The van der Waals surface area contributed by atoms with E-state index in [4.69, 9.17) is 14.8 Å². The van der Waals surface area contributed by atoms with Gasteiger partial charge in [0.1, 0.15) is 17.3 Å². The number of nitrogens with zero attached hydrogens (tertiary/aromatic N) is 4. The number of aromatic nitrogens is 4. The van der Waals surface area contributed by atoms with Crippen molar-refractivity contribution in [1.29, 1.82) is 0 Å². The van der Waals surface area contributed by atoms with E-state index in [9.17, 15) is 0 Å². The topological polar surface area (TPSA) is 44.9 Å². The second-order valence-corrected chi connectivity index (χ2v) is 15.2. The predicted molar refractivity (Wildman–Crippen MR) is 240 cm³/mol. The number of unbranched alkanes of at least 4 members (excludes halogenated alkanes) is 2. The third kappa shape index (κ3) is 7.09. The lowest BCUT2D eigenvalue weighted by Crippen LogP contribution is -2.04. The van der Waals surface area contributed by atoms with Crippen LogP contribution in [0.1, 0.15) is 56.5 Å². The molecule has 0 N–H and O–H groups in total. The monoisotopic (exact) mass is 756 g/mol. The number of pyridine rings is 1. The minimum atomic E-state index is 0.761. The molecule has 9 rings (SSSR count). The van der Waals surface area contributed by atoms with Gasteiger partial charge in [0.15, 0.2) is 0 Å². The van der Waals surface area contributed by atoms with Crippen molar-refractivity contribution in [3.05, 3.63) is 181 Å². The number of benzene rings is 6. The van der Waals surface area contributed by atoms with Gasteiger partial charge in [0.2, 0.25) is 0 Å². The molecule has 6 aromatic carbocycles. The van der Waals surface area contributed by atoms with Crippen LogP contribution in [0.3, 0.4) is 0 Å². The van der Waals surface area contributed by atoms with Crippen LogP contribution < -0.4 is 4.74 Å². The Kier molecular flexibility index (Phi) is 10.4. The zero-order valence-electron chi connectivity index (χ0n) is 33.5. The standard InChI is InChI=1S/C53H48N4O/c1-4-6-27-47-53(52-43(38-18-10-8-11-19-38)25-17-26-44(52)39-20-12-9-13-21-39)49(28-7-5-2)57(55-47)40-22-16-23-41(35-40)58-42-30-31-46-45-24-14-15-29-48(45)56(50(46)36-42)51-34-37(3)32-33-54-51/h8-26,29-36H,4-7,27-28H2,1-3H3. The molecule has 0 bridgehead atoms. The zero-order valence-corrected chi connectivity index (χ0v) is 33.5. The Labute approximate surface area is 341 Å². The molecule has 5 nitrogen and oxygen atoms in total. The predicted octanol–water partition coefficient (Wildman–Crippen LogP) is 14.2. The van der Waals surface area contributed by atoms with E-state index in [0.717, 1.165) is 89.2 Å². The summed E-state index contributed by atoms with van der Waals surface area (Å²) in [5.41, 5.74) is 14.1. The number of para-hydroxylation sites is 1. The van der Waals surface area contributed by atoms with Crippen molar-refractivity contribution in [3.8, 4) is 56.4 Å². The largest absolute Gasteiger partial charge is 0.457 e. The van der Waals surface area contributed by atoms with Gasteiger partial charge in [-0.1, -0.05) is 130 Å². The Morgan fingerprint density at radius 3 is 1.93 bits per heavy atom. The fourth-order valence-corrected chi connectivity index (χ4v) is 8.36. The summed E-state index contributed by atoms with van der Waals surface area (Å²) in [6, 6.07) is 55.9. The van der Waals surface area contributed by atoms with Crippen molar-refractivity contribution in [2.24, 2.45) is 0 Å². The lowest BCUT2D eigenvalue weighted by molar-refractivity contribution is 0.482. The third-order valence-corrected chi connectivity index (χ3v) is 11.1. The summed E-state index contributed by atoms with van der Waals surface area (Å²) in [4.78, 5) is 4.78. The van der Waals surface area contributed by atoms with Gasteiger partial charge >= 0.3 is 0 Å². The van der Waals surface area contributed by atoms with Gasteiger partial charge < -0.3 is 4.74 Å². The number of hydrogen-bond acceptors (Lipinski definition) is 3. The summed E-state index contributed by atoms with van der Waals surface area (Å²) in [6.45, 7) is 6.64. The van der Waals surface area contributed by atoms with E-state index in [1.165, 1.54) is 44.5 Å². The molecule has 9 aromatic rings. The highest BCUT2D eigenvalue weighted by molar-refractivity contribution is 6.09. The lowest BCUT2D eigenvalue weighted by atomic mass is 9.85. The Bertz CT molecular complexity index is 2790. The summed E-state index contributed by atoms with van der Waals surface area (Å²) in [6.07, 6.45) is 7.97. The quantitative estimate of drug-likeness (QED) is 0.118. The summed E-state index contributed by atoms with van der Waals surface area (Å²) in [7, 11) is 0. The van der Waals surface area contributed by atoms with Crippen molar-refractivity contribution in [3.63, 3.8) is 0 Å². The molecule has 5 heteroatoms. The molecule has 0 saturated carbocycles. The molecule has 0 amide bonds. The van der Waals surface area contributed by atoms with Crippen LogP contribution in [-0.4, -0.2) is 19.3 Å². The van der Waals surface area contributed by atoms with E-state index in [-0.39, 0.29) is 0 Å². The first kappa shape index (κ1) is 36.9. The average molecular weight is 757 g/mol. The van der Waals surface area contributed by atoms with Crippen molar-refractivity contribution in [1.82, 2.24) is 19.3 Å². The van der Waals surface area contributed by atoms with E-state index in [0.29, 0.717) is 0 Å². The van der Waals surface area contributed by atoms with Crippen LogP contribution >= 0.6 is 0 Å². The Morgan fingerprint density at radius 1 is 0.552 bits per heavy atom. The van der Waals surface area contributed by atoms with Crippen molar-refractivity contribution < 1.29 is 4.74 Å². The molecule has 286 valence electrons. The highest BCUT2D eigenvalue weighted by atomic mass is 16.5. The molecule has 58 heavy (non-hydrogen) atoms. The molecule has 0 fully saturated rings. The number of ether oxygens (including phenoxy) is 1. The molecule has 3 aromatic heterocycles. The van der Waals surface area contributed by atoms with E-state index >= 15 is 0 Å². The Balaban J connectivity index is 1.19. The molecule has 0 atom stereocenters. The number of hydrogen-bond donors (Lipinski definition) is 0. The smallest absolute Gasteiger partial charge is 0.137 e. The van der Waals surface area contributed by atoms with Gasteiger partial charge in [-0.2, -0.15) is 5.10 Å². The Hall–Kier alpha value is -6.72. The zero-order chi connectivity index (χ0) is 39.4. The maximum Gasteiger partial charge on any atom is 0.137 e. The molecule has 0 radical (unpaired) electrons. The molecule has 0 spiro atoms. The molecule has 0 aliphatic rings. The summed E-state index contributed by atoms with van der Waals surface area (Å²) < 4.78 is 11.2.